The smallest absolute Gasteiger partial charge is 0.237 e. The van der Waals surface area contributed by atoms with Gasteiger partial charge >= 0.3 is 0 Å². The molecule has 0 aromatic heterocycles. The van der Waals surface area contributed by atoms with E-state index in [0.29, 0.717) is 18.1 Å². The predicted octanol–water partition coefficient (Wildman–Crippen LogP) is 2.53. The van der Waals surface area contributed by atoms with Crippen LogP contribution in [0.15, 0.2) is 0 Å². The topological polar surface area (TPSA) is 44.4 Å². The fourth-order valence-electron chi connectivity index (χ4n) is 3.19. The highest BCUT2D eigenvalue weighted by atomic mass is 16.2. The van der Waals surface area contributed by atoms with Gasteiger partial charge in [-0.3, -0.25) is 9.69 Å². The lowest BCUT2D eigenvalue weighted by molar-refractivity contribution is -0.123. The minimum Gasteiger partial charge on any atom is -0.352 e. The summed E-state index contributed by atoms with van der Waals surface area (Å²) in [4.78, 5) is 14.6. The quantitative estimate of drug-likeness (QED) is 0.723. The summed E-state index contributed by atoms with van der Waals surface area (Å²) in [6, 6.07) is 1.38. The first-order valence-corrected chi connectivity index (χ1v) is 8.71. The Morgan fingerprint density at radius 3 is 2.14 bits per heavy atom. The maximum Gasteiger partial charge on any atom is 0.237 e. The summed E-state index contributed by atoms with van der Waals surface area (Å²) in [5.41, 5.74) is 0. The second-order valence-corrected chi connectivity index (χ2v) is 6.94. The Hall–Kier alpha value is -0.610. The van der Waals surface area contributed by atoms with Crippen molar-refractivity contribution in [2.45, 2.75) is 90.9 Å². The van der Waals surface area contributed by atoms with E-state index in [9.17, 15) is 4.79 Å². The molecule has 0 spiro atoms. The van der Waals surface area contributed by atoms with Crippen molar-refractivity contribution in [2.24, 2.45) is 0 Å². The van der Waals surface area contributed by atoms with Crippen LogP contribution in [-0.4, -0.2) is 48.1 Å². The van der Waals surface area contributed by atoms with E-state index < -0.39 is 0 Å². The highest BCUT2D eigenvalue weighted by Crippen LogP contribution is 2.17. The summed E-state index contributed by atoms with van der Waals surface area (Å²) in [6.45, 7) is 12.7. The normalized spacial score (nSPS) is 18.5. The molecule has 0 heterocycles. The van der Waals surface area contributed by atoms with Crippen LogP contribution in [0, 0.1) is 0 Å². The van der Waals surface area contributed by atoms with Crippen molar-refractivity contribution in [2.75, 3.05) is 13.1 Å². The summed E-state index contributed by atoms with van der Waals surface area (Å²) < 4.78 is 0. The first-order chi connectivity index (χ1) is 9.91. The van der Waals surface area contributed by atoms with Crippen LogP contribution in [0.4, 0.5) is 0 Å². The molecule has 4 heteroatoms. The molecule has 1 saturated carbocycles. The Kier molecular flexibility index (Phi) is 8.27. The molecule has 1 unspecified atom stereocenters. The first-order valence-electron chi connectivity index (χ1n) is 8.71. The van der Waals surface area contributed by atoms with Gasteiger partial charge in [0, 0.05) is 31.2 Å². The van der Waals surface area contributed by atoms with Gasteiger partial charge in [0.1, 0.15) is 0 Å². The monoisotopic (exact) mass is 297 g/mol. The van der Waals surface area contributed by atoms with Crippen LogP contribution in [0.25, 0.3) is 0 Å². The molecule has 2 N–H and O–H groups in total. The van der Waals surface area contributed by atoms with Gasteiger partial charge in [-0.1, -0.05) is 19.3 Å². The standard InChI is InChI=1S/C17H35N3O/c1-13(2)20(14(3)4)12-11-18-15(5)17(21)19-16-9-7-6-8-10-16/h13-16,18H,6-12H2,1-5H3,(H,19,21). The van der Waals surface area contributed by atoms with Crippen LogP contribution in [0.1, 0.15) is 66.7 Å². The molecule has 1 fully saturated rings. The molecule has 1 aliphatic rings. The van der Waals surface area contributed by atoms with E-state index in [4.69, 9.17) is 0 Å². The lowest BCUT2D eigenvalue weighted by Crippen LogP contribution is -2.49. The molecule has 4 nitrogen and oxygen atoms in total. The summed E-state index contributed by atoms with van der Waals surface area (Å²) >= 11 is 0. The lowest BCUT2D eigenvalue weighted by Gasteiger charge is -2.31. The summed E-state index contributed by atoms with van der Waals surface area (Å²) in [6.07, 6.45) is 6.12. The molecular weight excluding hydrogens is 262 g/mol. The molecule has 0 aliphatic heterocycles. The van der Waals surface area contributed by atoms with Gasteiger partial charge in [0.05, 0.1) is 6.04 Å². The van der Waals surface area contributed by atoms with Crippen molar-refractivity contribution in [1.82, 2.24) is 15.5 Å². The number of hydrogen-bond acceptors (Lipinski definition) is 3. The molecule has 1 amide bonds. The third-order valence-electron chi connectivity index (χ3n) is 4.49. The molecule has 1 aliphatic carbocycles. The Morgan fingerprint density at radius 1 is 1.05 bits per heavy atom. The fourth-order valence-corrected chi connectivity index (χ4v) is 3.19. The van der Waals surface area contributed by atoms with Gasteiger partial charge in [0.25, 0.3) is 0 Å². The van der Waals surface area contributed by atoms with Gasteiger partial charge < -0.3 is 10.6 Å². The zero-order valence-corrected chi connectivity index (χ0v) is 14.6. The van der Waals surface area contributed by atoms with Crippen molar-refractivity contribution in [3.05, 3.63) is 0 Å². The maximum absolute atomic E-state index is 12.2. The van der Waals surface area contributed by atoms with Crippen molar-refractivity contribution < 1.29 is 4.79 Å². The molecule has 1 rings (SSSR count). The molecule has 0 bridgehead atoms. The SMILES string of the molecule is CC(NCCN(C(C)C)C(C)C)C(=O)NC1CCCCC1. The molecule has 21 heavy (non-hydrogen) atoms. The molecule has 0 aromatic rings. The predicted molar refractivity (Wildman–Crippen MR) is 89.5 cm³/mol. The van der Waals surface area contributed by atoms with E-state index in [1.54, 1.807) is 0 Å². The Morgan fingerprint density at radius 2 is 1.62 bits per heavy atom. The Bertz CT molecular complexity index is 290. The molecule has 1 atom stereocenters. The number of carbonyl (C=O) groups excluding carboxylic acids is 1. The molecule has 0 radical (unpaired) electrons. The van der Waals surface area contributed by atoms with Gasteiger partial charge in [-0.25, -0.2) is 0 Å². The zero-order chi connectivity index (χ0) is 15.8. The van der Waals surface area contributed by atoms with Crippen LogP contribution in [0.5, 0.6) is 0 Å². The van der Waals surface area contributed by atoms with Gasteiger partial charge in [-0.2, -0.15) is 0 Å². The van der Waals surface area contributed by atoms with Gasteiger partial charge in [-0.05, 0) is 47.5 Å². The lowest BCUT2D eigenvalue weighted by atomic mass is 9.95. The fraction of sp³-hybridized carbons (Fsp3) is 0.941. The highest BCUT2D eigenvalue weighted by Gasteiger charge is 2.19. The first kappa shape index (κ1) is 18.4. The average molecular weight is 297 g/mol. The van der Waals surface area contributed by atoms with Gasteiger partial charge in [0.2, 0.25) is 5.91 Å². The molecular formula is C17H35N3O. The van der Waals surface area contributed by atoms with Crippen LogP contribution in [-0.2, 0) is 4.79 Å². The van der Waals surface area contributed by atoms with Crippen molar-refractivity contribution in [1.29, 1.82) is 0 Å². The maximum atomic E-state index is 12.2. The second kappa shape index (κ2) is 9.42. The van der Waals surface area contributed by atoms with E-state index in [1.165, 1.54) is 19.3 Å². The molecule has 0 saturated heterocycles. The largest absolute Gasteiger partial charge is 0.352 e. The van der Waals surface area contributed by atoms with E-state index in [1.807, 2.05) is 6.92 Å². The molecule has 0 aromatic carbocycles. The van der Waals surface area contributed by atoms with Crippen LogP contribution in [0.3, 0.4) is 0 Å². The van der Waals surface area contributed by atoms with Crippen molar-refractivity contribution in [3.8, 4) is 0 Å². The van der Waals surface area contributed by atoms with Crippen molar-refractivity contribution >= 4 is 5.91 Å². The summed E-state index contributed by atoms with van der Waals surface area (Å²) in [5.74, 6) is 0.155. The summed E-state index contributed by atoms with van der Waals surface area (Å²) in [5, 5.41) is 6.55. The Labute approximate surface area is 131 Å². The third-order valence-corrected chi connectivity index (χ3v) is 4.49. The third kappa shape index (κ3) is 6.79. The van der Waals surface area contributed by atoms with E-state index >= 15 is 0 Å². The van der Waals surface area contributed by atoms with Gasteiger partial charge in [-0.15, -0.1) is 0 Å². The average Bonchev–Trinajstić information content (AvgIpc) is 2.43. The number of nitrogens with one attached hydrogen (secondary N) is 2. The second-order valence-electron chi connectivity index (χ2n) is 6.94. The van der Waals surface area contributed by atoms with E-state index in [0.717, 1.165) is 25.9 Å². The minimum atomic E-state index is -0.104. The van der Waals surface area contributed by atoms with Gasteiger partial charge in [0.15, 0.2) is 0 Å². The number of hydrogen-bond donors (Lipinski definition) is 2. The van der Waals surface area contributed by atoms with E-state index in [2.05, 4.69) is 43.2 Å². The van der Waals surface area contributed by atoms with Crippen LogP contribution >= 0.6 is 0 Å². The Balaban J connectivity index is 2.25. The minimum absolute atomic E-state index is 0.104. The number of nitrogens with zero attached hydrogens (tertiary/aromatic N) is 1. The number of amides is 1. The van der Waals surface area contributed by atoms with Crippen LogP contribution in [0.2, 0.25) is 0 Å². The number of rotatable bonds is 8. The van der Waals surface area contributed by atoms with E-state index in [-0.39, 0.29) is 11.9 Å². The summed E-state index contributed by atoms with van der Waals surface area (Å²) in [7, 11) is 0. The highest BCUT2D eigenvalue weighted by molar-refractivity contribution is 5.81. The van der Waals surface area contributed by atoms with Crippen molar-refractivity contribution in [3.63, 3.8) is 0 Å². The molecule has 124 valence electrons. The zero-order valence-electron chi connectivity index (χ0n) is 14.6. The number of carbonyl (C=O) groups is 1. The van der Waals surface area contributed by atoms with Crippen LogP contribution < -0.4 is 10.6 Å².